The van der Waals surface area contributed by atoms with E-state index in [2.05, 4.69) is 30.6 Å². The highest BCUT2D eigenvalue weighted by Gasteiger charge is 2.28. The summed E-state index contributed by atoms with van der Waals surface area (Å²) in [5.41, 5.74) is 0.940. The van der Waals surface area contributed by atoms with E-state index in [0.717, 1.165) is 25.3 Å². The Bertz CT molecular complexity index is 462. The molecule has 0 amide bonds. The topological polar surface area (TPSA) is 49.6 Å². The Labute approximate surface area is 114 Å². The van der Waals surface area contributed by atoms with E-state index in [1.165, 1.54) is 0 Å². The highest BCUT2D eigenvalue weighted by molar-refractivity contribution is 5.63. The van der Waals surface area contributed by atoms with Crippen molar-refractivity contribution in [3.8, 4) is 0 Å². The third kappa shape index (κ3) is 2.87. The lowest BCUT2D eigenvalue weighted by Gasteiger charge is -2.42. The second-order valence-electron chi connectivity index (χ2n) is 5.37. The highest BCUT2D eigenvalue weighted by atomic mass is 16.6. The number of benzene rings is 1. The fraction of sp³-hybridized carbons (Fsp3) is 0.571. The first-order valence-electron chi connectivity index (χ1n) is 6.75. The Morgan fingerprint density at radius 3 is 2.58 bits per heavy atom. The number of para-hydroxylation sites is 2. The van der Waals surface area contributed by atoms with Gasteiger partial charge in [0.15, 0.2) is 0 Å². The first-order valence-corrected chi connectivity index (χ1v) is 6.75. The molecule has 0 aliphatic carbocycles. The van der Waals surface area contributed by atoms with Gasteiger partial charge in [0.1, 0.15) is 5.69 Å². The van der Waals surface area contributed by atoms with E-state index < -0.39 is 0 Å². The normalized spacial score (nSPS) is 20.8. The molecule has 2 rings (SSSR count). The number of hydrogen-bond acceptors (Lipinski definition) is 4. The Balaban J connectivity index is 2.19. The van der Waals surface area contributed by atoms with Gasteiger partial charge in [-0.25, -0.2) is 0 Å². The predicted octanol–water partition coefficient (Wildman–Crippen LogP) is 2.51. The van der Waals surface area contributed by atoms with Crippen LogP contribution in [0.4, 0.5) is 11.4 Å². The molecule has 0 bridgehead atoms. The van der Waals surface area contributed by atoms with Crippen LogP contribution in [0, 0.1) is 10.1 Å². The monoisotopic (exact) mass is 263 g/mol. The van der Waals surface area contributed by atoms with Crippen LogP contribution in [0.2, 0.25) is 0 Å². The van der Waals surface area contributed by atoms with Gasteiger partial charge in [-0.1, -0.05) is 12.1 Å². The predicted molar refractivity (Wildman–Crippen MR) is 76.6 cm³/mol. The minimum absolute atomic E-state index is 0.202. The van der Waals surface area contributed by atoms with E-state index in [0.29, 0.717) is 12.1 Å². The number of nitro benzene ring substituents is 1. The van der Waals surface area contributed by atoms with Gasteiger partial charge in [0, 0.05) is 37.8 Å². The highest BCUT2D eigenvalue weighted by Crippen LogP contribution is 2.29. The van der Waals surface area contributed by atoms with Crippen LogP contribution in [0.3, 0.4) is 0 Å². The second kappa shape index (κ2) is 5.57. The molecule has 1 heterocycles. The van der Waals surface area contributed by atoms with Crippen molar-refractivity contribution in [2.45, 2.75) is 32.9 Å². The van der Waals surface area contributed by atoms with Crippen LogP contribution in [0.5, 0.6) is 0 Å². The molecule has 0 saturated carbocycles. The molecular weight excluding hydrogens is 242 g/mol. The van der Waals surface area contributed by atoms with Gasteiger partial charge in [0.05, 0.1) is 4.92 Å². The standard InChI is InChI=1S/C14H21N3O2/c1-11(2)16-9-8-15(10-12(16)3)13-6-4-5-7-14(13)17(18)19/h4-7,11-12H,8-10H2,1-3H3. The average Bonchev–Trinajstić information content (AvgIpc) is 2.38. The Kier molecular flexibility index (Phi) is 4.04. The third-order valence-corrected chi connectivity index (χ3v) is 3.76. The van der Waals surface area contributed by atoms with E-state index in [-0.39, 0.29) is 10.6 Å². The molecule has 1 aromatic carbocycles. The van der Waals surface area contributed by atoms with E-state index in [1.807, 2.05) is 12.1 Å². The zero-order chi connectivity index (χ0) is 14.0. The molecule has 5 heteroatoms. The molecular formula is C14H21N3O2. The summed E-state index contributed by atoms with van der Waals surface area (Å²) in [6.45, 7) is 9.19. The molecule has 1 aromatic rings. The molecule has 0 aromatic heterocycles. The van der Waals surface area contributed by atoms with E-state index in [9.17, 15) is 10.1 Å². The van der Waals surface area contributed by atoms with Gasteiger partial charge in [0.25, 0.3) is 5.69 Å². The lowest BCUT2D eigenvalue weighted by molar-refractivity contribution is -0.384. The molecule has 1 atom stereocenters. The summed E-state index contributed by atoms with van der Waals surface area (Å²) in [5.74, 6) is 0. The fourth-order valence-corrected chi connectivity index (χ4v) is 2.84. The van der Waals surface area contributed by atoms with Crippen molar-refractivity contribution < 1.29 is 4.92 Å². The third-order valence-electron chi connectivity index (χ3n) is 3.76. The smallest absolute Gasteiger partial charge is 0.292 e. The van der Waals surface area contributed by atoms with Crippen molar-refractivity contribution in [1.82, 2.24) is 4.90 Å². The summed E-state index contributed by atoms with van der Waals surface area (Å²) < 4.78 is 0. The molecule has 1 aliphatic rings. The zero-order valence-corrected chi connectivity index (χ0v) is 11.7. The lowest BCUT2D eigenvalue weighted by Crippen LogP contribution is -2.54. The number of anilines is 1. The summed E-state index contributed by atoms with van der Waals surface area (Å²) in [4.78, 5) is 15.4. The lowest BCUT2D eigenvalue weighted by atomic mass is 10.1. The van der Waals surface area contributed by atoms with Crippen molar-refractivity contribution in [1.29, 1.82) is 0 Å². The summed E-state index contributed by atoms with van der Waals surface area (Å²) in [6, 6.07) is 7.93. The SMILES string of the molecule is CC(C)N1CCN(c2ccccc2[N+](=O)[O-])CC1C. The van der Waals surface area contributed by atoms with Gasteiger partial charge in [-0.2, -0.15) is 0 Å². The summed E-state index contributed by atoms with van der Waals surface area (Å²) in [6.07, 6.45) is 0. The number of hydrogen-bond donors (Lipinski definition) is 0. The molecule has 0 spiro atoms. The van der Waals surface area contributed by atoms with Crippen LogP contribution >= 0.6 is 0 Å². The molecule has 1 aliphatic heterocycles. The quantitative estimate of drug-likeness (QED) is 0.621. The van der Waals surface area contributed by atoms with Crippen molar-refractivity contribution in [3.63, 3.8) is 0 Å². The first-order chi connectivity index (χ1) is 9.00. The number of rotatable bonds is 3. The van der Waals surface area contributed by atoms with Gasteiger partial charge in [-0.05, 0) is 26.8 Å². The maximum atomic E-state index is 11.1. The summed E-state index contributed by atoms with van der Waals surface area (Å²) >= 11 is 0. The maximum Gasteiger partial charge on any atom is 0.292 e. The van der Waals surface area contributed by atoms with Gasteiger partial charge in [0.2, 0.25) is 0 Å². The molecule has 1 saturated heterocycles. The Hall–Kier alpha value is -1.62. The van der Waals surface area contributed by atoms with Crippen molar-refractivity contribution in [2.75, 3.05) is 24.5 Å². The number of piperazine rings is 1. The minimum atomic E-state index is -0.297. The Morgan fingerprint density at radius 2 is 2.00 bits per heavy atom. The molecule has 5 nitrogen and oxygen atoms in total. The maximum absolute atomic E-state index is 11.1. The van der Waals surface area contributed by atoms with E-state index in [1.54, 1.807) is 12.1 Å². The first kappa shape index (κ1) is 13.8. The van der Waals surface area contributed by atoms with Crippen molar-refractivity contribution in [3.05, 3.63) is 34.4 Å². The van der Waals surface area contributed by atoms with E-state index in [4.69, 9.17) is 0 Å². The minimum Gasteiger partial charge on any atom is -0.363 e. The van der Waals surface area contributed by atoms with Crippen LogP contribution in [0.1, 0.15) is 20.8 Å². The molecule has 0 N–H and O–H groups in total. The zero-order valence-electron chi connectivity index (χ0n) is 11.7. The Morgan fingerprint density at radius 1 is 1.32 bits per heavy atom. The van der Waals surface area contributed by atoms with Gasteiger partial charge in [-0.3, -0.25) is 15.0 Å². The van der Waals surface area contributed by atoms with Gasteiger partial charge >= 0.3 is 0 Å². The summed E-state index contributed by atoms with van der Waals surface area (Å²) in [7, 11) is 0. The molecule has 1 unspecified atom stereocenters. The van der Waals surface area contributed by atoms with Gasteiger partial charge < -0.3 is 4.90 Å². The molecule has 0 radical (unpaired) electrons. The average molecular weight is 263 g/mol. The molecule has 104 valence electrons. The van der Waals surface area contributed by atoms with Crippen LogP contribution in [0.15, 0.2) is 24.3 Å². The largest absolute Gasteiger partial charge is 0.363 e. The van der Waals surface area contributed by atoms with Crippen molar-refractivity contribution in [2.24, 2.45) is 0 Å². The van der Waals surface area contributed by atoms with Crippen molar-refractivity contribution >= 4 is 11.4 Å². The van der Waals surface area contributed by atoms with Crippen LogP contribution in [-0.4, -0.2) is 41.5 Å². The van der Waals surface area contributed by atoms with Crippen LogP contribution in [0.25, 0.3) is 0 Å². The second-order valence-corrected chi connectivity index (χ2v) is 5.37. The van der Waals surface area contributed by atoms with Gasteiger partial charge in [-0.15, -0.1) is 0 Å². The van der Waals surface area contributed by atoms with Crippen LogP contribution in [-0.2, 0) is 0 Å². The summed E-state index contributed by atoms with van der Waals surface area (Å²) in [5, 5.41) is 11.1. The fourth-order valence-electron chi connectivity index (χ4n) is 2.84. The number of nitrogens with zero attached hydrogens (tertiary/aromatic N) is 3. The van der Waals surface area contributed by atoms with Crippen LogP contribution < -0.4 is 4.90 Å². The number of nitro groups is 1. The molecule has 1 fully saturated rings. The van der Waals surface area contributed by atoms with E-state index >= 15 is 0 Å². The molecule has 19 heavy (non-hydrogen) atoms.